The number of anilines is 3. The van der Waals surface area contributed by atoms with Crippen molar-refractivity contribution in [1.29, 1.82) is 0 Å². The van der Waals surface area contributed by atoms with E-state index in [-0.39, 0.29) is 12.1 Å². The van der Waals surface area contributed by atoms with Crippen LogP contribution in [0.3, 0.4) is 0 Å². The lowest BCUT2D eigenvalue weighted by Crippen LogP contribution is -2.27. The molecule has 1 aliphatic heterocycles. The Balaban J connectivity index is 1.48. The molecule has 9 heteroatoms. The second kappa shape index (κ2) is 8.91. The molecule has 9 nitrogen and oxygen atoms in total. The topological polar surface area (TPSA) is 97.2 Å². The Bertz CT molecular complexity index is 1000. The summed E-state index contributed by atoms with van der Waals surface area (Å²) in [5, 5.41) is 10.5. The molecular weight excluding hydrogens is 382 g/mol. The number of urea groups is 1. The van der Waals surface area contributed by atoms with Crippen molar-refractivity contribution < 1.29 is 9.53 Å². The maximum atomic E-state index is 11.8. The standard InChI is InChI=1S/C21H25N7O2/c1-3-17(14-30-2)28-13-16(12-24-28)25-19-8-9-22-20(26-19)15-4-6-18(7-5-15)27-11-10-23-21(27)29/h4-9,12-13,17H,3,10-11,14H2,1-2H3,(H,23,29)(H,22,25,26). The minimum absolute atomic E-state index is 0.0680. The van der Waals surface area contributed by atoms with Gasteiger partial charge < -0.3 is 15.4 Å². The zero-order chi connectivity index (χ0) is 20.9. The van der Waals surface area contributed by atoms with Gasteiger partial charge in [0.1, 0.15) is 5.82 Å². The number of aromatic nitrogens is 4. The van der Waals surface area contributed by atoms with Gasteiger partial charge in [-0.15, -0.1) is 0 Å². The minimum Gasteiger partial charge on any atom is -0.382 e. The number of carbonyl (C=O) groups is 1. The maximum Gasteiger partial charge on any atom is 0.321 e. The van der Waals surface area contributed by atoms with Crippen molar-refractivity contribution in [2.75, 3.05) is 37.0 Å². The van der Waals surface area contributed by atoms with Crippen LogP contribution in [0.4, 0.5) is 22.0 Å². The number of nitrogens with zero attached hydrogens (tertiary/aromatic N) is 5. The van der Waals surface area contributed by atoms with E-state index in [2.05, 4.69) is 32.6 Å². The van der Waals surface area contributed by atoms with Gasteiger partial charge in [0, 0.05) is 43.8 Å². The third-order valence-electron chi connectivity index (χ3n) is 5.03. The molecule has 3 aromatic rings. The molecule has 3 heterocycles. The lowest BCUT2D eigenvalue weighted by Gasteiger charge is -2.14. The third kappa shape index (κ3) is 4.25. The monoisotopic (exact) mass is 407 g/mol. The smallest absolute Gasteiger partial charge is 0.321 e. The van der Waals surface area contributed by atoms with Crippen molar-refractivity contribution in [3.05, 3.63) is 48.9 Å². The SMILES string of the molecule is CCC(COC)n1cc(Nc2ccnc(-c3ccc(N4CCNC4=O)cc3)n2)cn1. The Labute approximate surface area is 175 Å². The van der Waals surface area contributed by atoms with Crippen molar-refractivity contribution in [1.82, 2.24) is 25.1 Å². The van der Waals surface area contributed by atoms with E-state index >= 15 is 0 Å². The second-order valence-corrected chi connectivity index (χ2v) is 7.05. The summed E-state index contributed by atoms with van der Waals surface area (Å²) in [5.41, 5.74) is 2.59. The quantitative estimate of drug-likeness (QED) is 0.595. The van der Waals surface area contributed by atoms with E-state index in [4.69, 9.17) is 4.74 Å². The number of hydrogen-bond donors (Lipinski definition) is 2. The molecule has 1 unspecified atom stereocenters. The van der Waals surface area contributed by atoms with Gasteiger partial charge in [0.2, 0.25) is 0 Å². The molecule has 30 heavy (non-hydrogen) atoms. The highest BCUT2D eigenvalue weighted by Crippen LogP contribution is 2.23. The molecule has 0 spiro atoms. The molecular formula is C21H25N7O2. The minimum atomic E-state index is -0.0680. The molecule has 1 saturated heterocycles. The molecule has 2 N–H and O–H groups in total. The van der Waals surface area contributed by atoms with Crippen LogP contribution in [0.1, 0.15) is 19.4 Å². The Kier molecular flexibility index (Phi) is 5.89. The number of amides is 2. The first-order chi connectivity index (χ1) is 14.7. The molecule has 1 atom stereocenters. The van der Waals surface area contributed by atoms with Crippen LogP contribution in [0.15, 0.2) is 48.9 Å². The van der Waals surface area contributed by atoms with E-state index in [1.54, 1.807) is 24.4 Å². The molecule has 156 valence electrons. The largest absolute Gasteiger partial charge is 0.382 e. The molecule has 1 aliphatic rings. The fraction of sp³-hybridized carbons (Fsp3) is 0.333. The summed E-state index contributed by atoms with van der Waals surface area (Å²) in [6.45, 7) is 4.06. The van der Waals surface area contributed by atoms with Gasteiger partial charge in [-0.25, -0.2) is 14.8 Å². The van der Waals surface area contributed by atoms with Crippen LogP contribution in [0.25, 0.3) is 11.4 Å². The van der Waals surface area contributed by atoms with Gasteiger partial charge in [0.05, 0.1) is 24.5 Å². The van der Waals surface area contributed by atoms with Crippen molar-refractivity contribution in [2.45, 2.75) is 19.4 Å². The summed E-state index contributed by atoms with van der Waals surface area (Å²) < 4.78 is 7.17. The van der Waals surface area contributed by atoms with E-state index < -0.39 is 0 Å². The normalized spacial score (nSPS) is 14.6. The molecule has 0 aliphatic carbocycles. The molecule has 4 rings (SSSR count). The van der Waals surface area contributed by atoms with E-state index in [0.717, 1.165) is 23.4 Å². The summed E-state index contributed by atoms with van der Waals surface area (Å²) in [6, 6.07) is 9.62. The highest BCUT2D eigenvalue weighted by molar-refractivity contribution is 5.94. The molecule has 0 saturated carbocycles. The predicted molar refractivity (Wildman–Crippen MR) is 115 cm³/mol. The van der Waals surface area contributed by atoms with Crippen molar-refractivity contribution in [3.8, 4) is 11.4 Å². The fourth-order valence-electron chi connectivity index (χ4n) is 3.40. The molecule has 2 aromatic heterocycles. The Morgan fingerprint density at radius 1 is 1.27 bits per heavy atom. The lowest BCUT2D eigenvalue weighted by atomic mass is 10.2. The summed E-state index contributed by atoms with van der Waals surface area (Å²) in [6.07, 6.45) is 6.37. The van der Waals surface area contributed by atoms with Crippen LogP contribution in [0.5, 0.6) is 0 Å². The zero-order valence-corrected chi connectivity index (χ0v) is 17.1. The van der Waals surface area contributed by atoms with Gasteiger partial charge >= 0.3 is 6.03 Å². The van der Waals surface area contributed by atoms with E-state index in [1.165, 1.54) is 0 Å². The highest BCUT2D eigenvalue weighted by Gasteiger charge is 2.21. The van der Waals surface area contributed by atoms with Crippen LogP contribution in [0, 0.1) is 0 Å². The van der Waals surface area contributed by atoms with Crippen molar-refractivity contribution >= 4 is 23.2 Å². The average Bonchev–Trinajstić information content (AvgIpc) is 3.41. The molecule has 2 amide bonds. The highest BCUT2D eigenvalue weighted by atomic mass is 16.5. The van der Waals surface area contributed by atoms with Gasteiger partial charge in [-0.1, -0.05) is 6.92 Å². The van der Waals surface area contributed by atoms with Crippen LogP contribution < -0.4 is 15.5 Å². The van der Waals surface area contributed by atoms with Crippen LogP contribution >= 0.6 is 0 Å². The number of nitrogens with one attached hydrogen (secondary N) is 2. The number of hydrogen-bond acceptors (Lipinski definition) is 6. The summed E-state index contributed by atoms with van der Waals surface area (Å²) in [5.74, 6) is 1.29. The van der Waals surface area contributed by atoms with Gasteiger partial charge in [0.25, 0.3) is 0 Å². The Morgan fingerprint density at radius 3 is 2.80 bits per heavy atom. The molecule has 0 radical (unpaired) electrons. The average molecular weight is 407 g/mol. The second-order valence-electron chi connectivity index (χ2n) is 7.05. The first-order valence-electron chi connectivity index (χ1n) is 9.97. The van der Waals surface area contributed by atoms with E-state index in [9.17, 15) is 4.79 Å². The first kappa shape index (κ1) is 19.8. The van der Waals surface area contributed by atoms with E-state index in [1.807, 2.05) is 41.2 Å². The molecule has 1 aromatic carbocycles. The predicted octanol–water partition coefficient (Wildman–Crippen LogP) is 3.21. The van der Waals surface area contributed by atoms with Crippen LogP contribution in [-0.2, 0) is 4.74 Å². The van der Waals surface area contributed by atoms with Crippen LogP contribution in [0.2, 0.25) is 0 Å². The number of benzene rings is 1. The lowest BCUT2D eigenvalue weighted by molar-refractivity contribution is 0.147. The summed E-state index contributed by atoms with van der Waals surface area (Å²) in [7, 11) is 1.69. The van der Waals surface area contributed by atoms with Gasteiger partial charge in [0.15, 0.2) is 5.82 Å². The van der Waals surface area contributed by atoms with Crippen molar-refractivity contribution in [3.63, 3.8) is 0 Å². The van der Waals surface area contributed by atoms with Gasteiger partial charge in [-0.05, 0) is 36.8 Å². The van der Waals surface area contributed by atoms with Crippen molar-refractivity contribution in [2.24, 2.45) is 0 Å². The number of methoxy groups -OCH3 is 1. The molecule has 1 fully saturated rings. The number of ether oxygens (including phenoxy) is 1. The Morgan fingerprint density at radius 2 is 2.10 bits per heavy atom. The van der Waals surface area contributed by atoms with Crippen LogP contribution in [-0.4, -0.2) is 52.6 Å². The number of rotatable bonds is 8. The first-order valence-corrected chi connectivity index (χ1v) is 9.97. The third-order valence-corrected chi connectivity index (χ3v) is 5.03. The maximum absolute atomic E-state index is 11.8. The number of carbonyl (C=O) groups excluding carboxylic acids is 1. The summed E-state index contributed by atoms with van der Waals surface area (Å²) in [4.78, 5) is 22.5. The Hall–Kier alpha value is -3.46. The van der Waals surface area contributed by atoms with E-state index in [0.29, 0.717) is 31.3 Å². The van der Waals surface area contributed by atoms with Gasteiger partial charge in [-0.3, -0.25) is 9.58 Å². The van der Waals surface area contributed by atoms with Gasteiger partial charge in [-0.2, -0.15) is 5.10 Å². The molecule has 0 bridgehead atoms. The summed E-state index contributed by atoms with van der Waals surface area (Å²) >= 11 is 0. The zero-order valence-electron chi connectivity index (χ0n) is 17.1. The fourth-order valence-corrected chi connectivity index (χ4v) is 3.40.